The van der Waals surface area contributed by atoms with Gasteiger partial charge in [-0.15, -0.1) is 0 Å². The van der Waals surface area contributed by atoms with Crippen molar-refractivity contribution in [1.82, 2.24) is 10.0 Å². The summed E-state index contributed by atoms with van der Waals surface area (Å²) in [6, 6.07) is 5.29. The summed E-state index contributed by atoms with van der Waals surface area (Å²) in [6.07, 6.45) is -10.3. The Morgan fingerprint density at radius 3 is 1.88 bits per heavy atom. The number of rotatable bonds is 9. The molecule has 32 heavy (non-hydrogen) atoms. The number of hydrogen-bond acceptors (Lipinski definition) is 5. The average Bonchev–Trinajstić information content (AvgIpc) is 2.71. The fraction of sp³-hybridized carbons (Fsp3) is 0.368. The zero-order valence-corrected chi connectivity index (χ0v) is 17.7. The lowest BCUT2D eigenvalue weighted by atomic mass is 10.1. The molecule has 0 saturated heterocycles. The minimum absolute atomic E-state index is 0.0542. The summed E-state index contributed by atoms with van der Waals surface area (Å²) >= 11 is 0. The van der Waals surface area contributed by atoms with Crippen LogP contribution < -0.4 is 19.5 Å². The molecular weight excluding hydrogens is 466 g/mol. The zero-order chi connectivity index (χ0) is 24.2. The normalized spacial score (nSPS) is 12.6. The topological polar surface area (TPSA) is 76.7 Å². The molecule has 2 rings (SSSR count). The molecule has 0 unspecified atom stereocenters. The number of benzene rings is 2. The number of alkyl halides is 6. The molecule has 0 aliphatic heterocycles. The highest BCUT2D eigenvalue weighted by Gasteiger charge is 2.38. The first kappa shape index (κ1) is 25.7. The molecule has 0 saturated carbocycles. The third kappa shape index (κ3) is 6.74. The van der Waals surface area contributed by atoms with Crippen LogP contribution >= 0.6 is 0 Å². The van der Waals surface area contributed by atoms with Gasteiger partial charge in [0.05, 0.1) is 30.2 Å². The Balaban J connectivity index is 2.04. The standard InChI is InChI=1S/C19H20F6N2O4S/c1-30-16-4-3-12(7-17(16)31-2)11-26-5-6-27-32(28,29)15-9-13(18(20,21)22)8-14(10-15)19(23,24)25/h3-4,7-10,26-27H,5-6,11H2,1-2H3. The van der Waals surface area contributed by atoms with Gasteiger partial charge in [-0.25, -0.2) is 13.1 Å². The van der Waals surface area contributed by atoms with Gasteiger partial charge in [0.2, 0.25) is 10.0 Å². The Labute approximate surface area is 180 Å². The maximum atomic E-state index is 12.9. The number of halogens is 6. The molecule has 0 aromatic heterocycles. The van der Waals surface area contributed by atoms with Gasteiger partial charge in [0.25, 0.3) is 0 Å². The first-order valence-electron chi connectivity index (χ1n) is 8.98. The van der Waals surface area contributed by atoms with Gasteiger partial charge in [-0.1, -0.05) is 6.07 Å². The molecule has 13 heteroatoms. The van der Waals surface area contributed by atoms with Crippen molar-refractivity contribution in [1.29, 1.82) is 0 Å². The molecule has 2 aromatic rings. The minimum Gasteiger partial charge on any atom is -0.493 e. The van der Waals surface area contributed by atoms with E-state index in [-0.39, 0.29) is 31.3 Å². The number of hydrogen-bond donors (Lipinski definition) is 2. The van der Waals surface area contributed by atoms with Crippen molar-refractivity contribution in [2.75, 3.05) is 27.3 Å². The lowest BCUT2D eigenvalue weighted by molar-refractivity contribution is -0.143. The van der Waals surface area contributed by atoms with Gasteiger partial charge in [-0.2, -0.15) is 26.3 Å². The molecule has 0 spiro atoms. The lowest BCUT2D eigenvalue weighted by Crippen LogP contribution is -2.32. The van der Waals surface area contributed by atoms with E-state index >= 15 is 0 Å². The summed E-state index contributed by atoms with van der Waals surface area (Å²) in [5, 5.41) is 2.90. The van der Waals surface area contributed by atoms with Gasteiger partial charge in [0.15, 0.2) is 11.5 Å². The summed E-state index contributed by atoms with van der Waals surface area (Å²) in [6.45, 7) is 0.0791. The molecule has 0 fully saturated rings. The van der Waals surface area contributed by atoms with Crippen LogP contribution in [0.5, 0.6) is 11.5 Å². The lowest BCUT2D eigenvalue weighted by Gasteiger charge is -2.15. The van der Waals surface area contributed by atoms with Crippen molar-refractivity contribution >= 4 is 10.0 Å². The van der Waals surface area contributed by atoms with E-state index in [1.54, 1.807) is 18.2 Å². The number of nitrogens with one attached hydrogen (secondary N) is 2. The van der Waals surface area contributed by atoms with Crippen LogP contribution in [0.3, 0.4) is 0 Å². The highest BCUT2D eigenvalue weighted by atomic mass is 32.2. The first-order valence-corrected chi connectivity index (χ1v) is 10.5. The Morgan fingerprint density at radius 2 is 1.38 bits per heavy atom. The van der Waals surface area contributed by atoms with Gasteiger partial charge >= 0.3 is 12.4 Å². The van der Waals surface area contributed by atoms with Crippen molar-refractivity contribution in [2.24, 2.45) is 0 Å². The third-order valence-corrected chi connectivity index (χ3v) is 5.68. The molecule has 0 aliphatic rings. The van der Waals surface area contributed by atoms with Crippen molar-refractivity contribution in [3.63, 3.8) is 0 Å². The molecular formula is C19H20F6N2O4S. The molecule has 0 heterocycles. The van der Waals surface area contributed by atoms with Gasteiger partial charge in [-0.05, 0) is 35.9 Å². The number of sulfonamides is 1. The summed E-state index contributed by atoms with van der Waals surface area (Å²) in [7, 11) is -1.68. The number of methoxy groups -OCH3 is 2. The fourth-order valence-electron chi connectivity index (χ4n) is 2.66. The maximum absolute atomic E-state index is 12.9. The fourth-order valence-corrected chi connectivity index (χ4v) is 3.76. The maximum Gasteiger partial charge on any atom is 0.416 e. The van der Waals surface area contributed by atoms with Crippen LogP contribution in [-0.4, -0.2) is 35.7 Å². The summed E-state index contributed by atoms with van der Waals surface area (Å²) in [4.78, 5) is -1.13. The monoisotopic (exact) mass is 486 g/mol. The van der Waals surface area contributed by atoms with Crippen LogP contribution in [0.15, 0.2) is 41.3 Å². The van der Waals surface area contributed by atoms with Crippen molar-refractivity contribution in [3.8, 4) is 11.5 Å². The van der Waals surface area contributed by atoms with Crippen LogP contribution in [-0.2, 0) is 28.9 Å². The van der Waals surface area contributed by atoms with E-state index in [2.05, 4.69) is 5.32 Å². The molecule has 0 bridgehead atoms. The summed E-state index contributed by atoms with van der Waals surface area (Å²) in [5.74, 6) is 1.00. The van der Waals surface area contributed by atoms with Crippen LogP contribution in [0, 0.1) is 0 Å². The number of ether oxygens (including phenoxy) is 2. The van der Waals surface area contributed by atoms with Crippen LogP contribution in [0.4, 0.5) is 26.3 Å². The Kier molecular flexibility index (Phi) is 8.02. The molecule has 0 atom stereocenters. The van der Waals surface area contributed by atoms with E-state index in [9.17, 15) is 34.8 Å². The highest BCUT2D eigenvalue weighted by molar-refractivity contribution is 7.89. The smallest absolute Gasteiger partial charge is 0.416 e. The summed E-state index contributed by atoms with van der Waals surface area (Å²) < 4.78 is 114. The summed E-state index contributed by atoms with van der Waals surface area (Å²) in [5.41, 5.74) is -2.64. The van der Waals surface area contributed by atoms with E-state index in [0.717, 1.165) is 5.56 Å². The van der Waals surface area contributed by atoms with Gasteiger partial charge in [0.1, 0.15) is 0 Å². The van der Waals surface area contributed by atoms with Crippen LogP contribution in [0.1, 0.15) is 16.7 Å². The van der Waals surface area contributed by atoms with Gasteiger partial charge in [0, 0.05) is 19.6 Å². The van der Waals surface area contributed by atoms with Crippen molar-refractivity contribution in [2.45, 2.75) is 23.8 Å². The van der Waals surface area contributed by atoms with Crippen molar-refractivity contribution < 1.29 is 44.2 Å². The Morgan fingerprint density at radius 1 is 0.812 bits per heavy atom. The van der Waals surface area contributed by atoms with Gasteiger partial charge in [-0.3, -0.25) is 0 Å². The minimum atomic E-state index is -5.15. The second-order valence-electron chi connectivity index (χ2n) is 6.51. The molecule has 6 nitrogen and oxygen atoms in total. The molecule has 0 radical (unpaired) electrons. The highest BCUT2D eigenvalue weighted by Crippen LogP contribution is 2.37. The molecule has 2 aromatic carbocycles. The van der Waals surface area contributed by atoms with E-state index in [1.807, 2.05) is 4.72 Å². The average molecular weight is 486 g/mol. The molecule has 0 amide bonds. The molecule has 2 N–H and O–H groups in total. The third-order valence-electron chi connectivity index (χ3n) is 4.24. The molecule has 178 valence electrons. The largest absolute Gasteiger partial charge is 0.493 e. The SMILES string of the molecule is COc1ccc(CNCCNS(=O)(=O)c2cc(C(F)(F)F)cc(C(F)(F)F)c2)cc1OC. The van der Waals surface area contributed by atoms with Crippen LogP contribution in [0.2, 0.25) is 0 Å². The van der Waals surface area contributed by atoms with Crippen molar-refractivity contribution in [3.05, 3.63) is 53.1 Å². The van der Waals surface area contributed by atoms with Crippen LogP contribution in [0.25, 0.3) is 0 Å². The zero-order valence-electron chi connectivity index (χ0n) is 16.9. The predicted molar refractivity (Wildman–Crippen MR) is 103 cm³/mol. The van der Waals surface area contributed by atoms with E-state index in [4.69, 9.17) is 9.47 Å². The Hall–Kier alpha value is -2.51. The first-order chi connectivity index (χ1) is 14.8. The van der Waals surface area contributed by atoms with E-state index in [1.165, 1.54) is 14.2 Å². The van der Waals surface area contributed by atoms with Gasteiger partial charge < -0.3 is 14.8 Å². The second kappa shape index (κ2) is 9.96. The van der Waals surface area contributed by atoms with E-state index < -0.39 is 38.4 Å². The quantitative estimate of drug-likeness (QED) is 0.417. The van der Waals surface area contributed by atoms with E-state index in [0.29, 0.717) is 18.0 Å². The predicted octanol–water partition coefficient (Wildman–Crippen LogP) is 3.81. The Bertz CT molecular complexity index is 1010. The molecule has 0 aliphatic carbocycles. The second-order valence-corrected chi connectivity index (χ2v) is 8.27.